The fourth-order valence-electron chi connectivity index (χ4n) is 2.74. The first kappa shape index (κ1) is 20.1. The van der Waals surface area contributed by atoms with Crippen molar-refractivity contribution in [2.24, 2.45) is 0 Å². The van der Waals surface area contributed by atoms with Gasteiger partial charge in [0.05, 0.1) is 0 Å². The van der Waals surface area contributed by atoms with Crippen molar-refractivity contribution < 1.29 is 0 Å². The SMILES string of the molecule is CN(C)CCNc1cc(NCCc2ccc(Cl)cc2)nc(-c2ccccc2)n1. The average Bonchev–Trinajstić information content (AvgIpc) is 2.70. The topological polar surface area (TPSA) is 53.1 Å². The quantitative estimate of drug-likeness (QED) is 0.561. The first-order chi connectivity index (χ1) is 13.6. The molecule has 0 aliphatic rings. The van der Waals surface area contributed by atoms with Crippen LogP contribution >= 0.6 is 11.6 Å². The Kier molecular flexibility index (Phi) is 7.23. The van der Waals surface area contributed by atoms with Crippen LogP contribution in [-0.2, 0) is 6.42 Å². The molecule has 2 N–H and O–H groups in total. The fourth-order valence-corrected chi connectivity index (χ4v) is 2.86. The third-order valence-corrected chi connectivity index (χ3v) is 4.51. The van der Waals surface area contributed by atoms with Crippen molar-refractivity contribution in [1.29, 1.82) is 0 Å². The minimum absolute atomic E-state index is 0.712. The second-order valence-electron chi connectivity index (χ2n) is 6.86. The smallest absolute Gasteiger partial charge is 0.163 e. The molecular weight excluding hydrogens is 370 g/mol. The van der Waals surface area contributed by atoms with Gasteiger partial charge in [0.25, 0.3) is 0 Å². The summed E-state index contributed by atoms with van der Waals surface area (Å²) in [5, 5.41) is 7.57. The van der Waals surface area contributed by atoms with E-state index in [0.29, 0.717) is 5.82 Å². The van der Waals surface area contributed by atoms with E-state index in [0.717, 1.165) is 48.3 Å². The Labute approximate surface area is 171 Å². The molecule has 0 saturated carbocycles. The molecule has 1 aromatic heterocycles. The van der Waals surface area contributed by atoms with Gasteiger partial charge < -0.3 is 15.5 Å². The number of halogens is 1. The highest BCUT2D eigenvalue weighted by Crippen LogP contribution is 2.20. The van der Waals surface area contributed by atoms with Crippen molar-refractivity contribution in [2.75, 3.05) is 44.4 Å². The van der Waals surface area contributed by atoms with Crippen molar-refractivity contribution in [3.8, 4) is 11.4 Å². The number of nitrogens with one attached hydrogen (secondary N) is 2. The lowest BCUT2D eigenvalue weighted by molar-refractivity contribution is 0.425. The third-order valence-electron chi connectivity index (χ3n) is 4.26. The molecule has 0 aliphatic carbocycles. The van der Waals surface area contributed by atoms with Gasteiger partial charge in [0, 0.05) is 36.3 Å². The van der Waals surface area contributed by atoms with E-state index in [9.17, 15) is 0 Å². The van der Waals surface area contributed by atoms with Crippen LogP contribution in [0.1, 0.15) is 5.56 Å². The summed E-state index contributed by atoms with van der Waals surface area (Å²) in [5.74, 6) is 2.35. The van der Waals surface area contributed by atoms with Crippen molar-refractivity contribution in [3.05, 3.63) is 71.2 Å². The monoisotopic (exact) mass is 395 g/mol. The Hall–Kier alpha value is -2.63. The maximum absolute atomic E-state index is 5.95. The van der Waals surface area contributed by atoms with Crippen LogP contribution in [-0.4, -0.2) is 48.6 Å². The zero-order valence-corrected chi connectivity index (χ0v) is 17.1. The van der Waals surface area contributed by atoms with E-state index in [2.05, 4.69) is 34.6 Å². The summed E-state index contributed by atoms with van der Waals surface area (Å²) >= 11 is 5.95. The molecule has 1 heterocycles. The van der Waals surface area contributed by atoms with E-state index >= 15 is 0 Å². The molecule has 0 spiro atoms. The Balaban J connectivity index is 1.71. The standard InChI is InChI=1S/C22H26ClN5/c1-28(2)15-14-25-21-16-20(24-13-12-17-8-10-19(23)11-9-17)26-22(27-21)18-6-4-3-5-7-18/h3-11,16H,12-15H2,1-2H3,(H2,24,25,26,27). The molecule has 146 valence electrons. The van der Waals surface area contributed by atoms with Gasteiger partial charge in [-0.2, -0.15) is 0 Å². The number of nitrogens with zero attached hydrogens (tertiary/aromatic N) is 3. The highest BCUT2D eigenvalue weighted by atomic mass is 35.5. The summed E-state index contributed by atoms with van der Waals surface area (Å²) < 4.78 is 0. The second kappa shape index (κ2) is 10.1. The minimum atomic E-state index is 0.712. The number of aromatic nitrogens is 2. The molecular formula is C22H26ClN5. The van der Waals surface area contributed by atoms with Crippen molar-refractivity contribution in [1.82, 2.24) is 14.9 Å². The van der Waals surface area contributed by atoms with E-state index < -0.39 is 0 Å². The van der Waals surface area contributed by atoms with Gasteiger partial charge in [-0.05, 0) is 38.2 Å². The predicted molar refractivity (Wildman–Crippen MR) is 118 cm³/mol. The third kappa shape index (κ3) is 6.22. The molecule has 0 amide bonds. The number of hydrogen-bond donors (Lipinski definition) is 2. The molecule has 3 rings (SSSR count). The van der Waals surface area contributed by atoms with E-state index in [-0.39, 0.29) is 0 Å². The van der Waals surface area contributed by atoms with Gasteiger partial charge in [-0.15, -0.1) is 0 Å². The fraction of sp³-hybridized carbons (Fsp3) is 0.273. The van der Waals surface area contributed by atoms with Crippen molar-refractivity contribution >= 4 is 23.2 Å². The van der Waals surface area contributed by atoms with Gasteiger partial charge in [0.15, 0.2) is 5.82 Å². The number of benzene rings is 2. The van der Waals surface area contributed by atoms with Crippen LogP contribution in [0.25, 0.3) is 11.4 Å². The van der Waals surface area contributed by atoms with Crippen LogP contribution in [0.3, 0.4) is 0 Å². The highest BCUT2D eigenvalue weighted by Gasteiger charge is 2.07. The van der Waals surface area contributed by atoms with Crippen LogP contribution in [0, 0.1) is 0 Å². The maximum atomic E-state index is 5.95. The Morgan fingerprint density at radius 2 is 1.50 bits per heavy atom. The van der Waals surface area contributed by atoms with Crippen LogP contribution in [0.15, 0.2) is 60.7 Å². The summed E-state index contributed by atoms with van der Waals surface area (Å²) in [6.45, 7) is 2.54. The normalized spacial score (nSPS) is 10.9. The Morgan fingerprint density at radius 3 is 2.14 bits per heavy atom. The highest BCUT2D eigenvalue weighted by molar-refractivity contribution is 6.30. The zero-order chi connectivity index (χ0) is 19.8. The molecule has 0 bridgehead atoms. The molecule has 2 aromatic carbocycles. The largest absolute Gasteiger partial charge is 0.370 e. The van der Waals surface area contributed by atoms with Gasteiger partial charge >= 0.3 is 0 Å². The second-order valence-corrected chi connectivity index (χ2v) is 7.30. The van der Waals surface area contributed by atoms with Crippen molar-refractivity contribution in [2.45, 2.75) is 6.42 Å². The lowest BCUT2D eigenvalue weighted by atomic mass is 10.1. The molecule has 3 aromatic rings. The molecule has 5 nitrogen and oxygen atoms in total. The molecule has 0 saturated heterocycles. The van der Waals surface area contributed by atoms with Crippen LogP contribution in [0.4, 0.5) is 11.6 Å². The molecule has 6 heteroatoms. The first-order valence-corrected chi connectivity index (χ1v) is 9.79. The van der Waals surface area contributed by atoms with Gasteiger partial charge in [-0.1, -0.05) is 54.1 Å². The van der Waals surface area contributed by atoms with Gasteiger partial charge in [0.2, 0.25) is 0 Å². The van der Waals surface area contributed by atoms with Crippen LogP contribution < -0.4 is 10.6 Å². The van der Waals surface area contributed by atoms with E-state index in [1.54, 1.807) is 0 Å². The molecule has 0 unspecified atom stereocenters. The average molecular weight is 396 g/mol. The van der Waals surface area contributed by atoms with Gasteiger partial charge in [-0.3, -0.25) is 0 Å². The molecule has 0 fully saturated rings. The van der Waals surface area contributed by atoms with Crippen LogP contribution in [0.5, 0.6) is 0 Å². The number of anilines is 2. The molecule has 0 aliphatic heterocycles. The van der Waals surface area contributed by atoms with E-state index in [1.165, 1.54) is 5.56 Å². The number of hydrogen-bond acceptors (Lipinski definition) is 5. The molecule has 0 atom stereocenters. The lowest BCUT2D eigenvalue weighted by Gasteiger charge is -2.13. The van der Waals surface area contributed by atoms with Gasteiger partial charge in [-0.25, -0.2) is 9.97 Å². The summed E-state index contributed by atoms with van der Waals surface area (Å²) in [7, 11) is 4.11. The van der Waals surface area contributed by atoms with E-state index in [4.69, 9.17) is 16.6 Å². The summed E-state index contributed by atoms with van der Waals surface area (Å²) in [6, 6.07) is 19.9. The molecule has 28 heavy (non-hydrogen) atoms. The number of rotatable bonds is 9. The summed E-state index contributed by atoms with van der Waals surface area (Å²) in [6.07, 6.45) is 0.894. The summed E-state index contributed by atoms with van der Waals surface area (Å²) in [4.78, 5) is 11.5. The first-order valence-electron chi connectivity index (χ1n) is 9.41. The van der Waals surface area contributed by atoms with Crippen LogP contribution in [0.2, 0.25) is 5.02 Å². The summed E-state index contributed by atoms with van der Waals surface area (Å²) in [5.41, 5.74) is 2.23. The van der Waals surface area contributed by atoms with E-state index in [1.807, 2.05) is 60.7 Å². The number of likely N-dealkylation sites (N-methyl/N-ethyl adjacent to an activating group) is 1. The lowest BCUT2D eigenvalue weighted by Crippen LogP contribution is -2.21. The Morgan fingerprint density at radius 1 is 0.857 bits per heavy atom. The minimum Gasteiger partial charge on any atom is -0.370 e. The predicted octanol–water partition coefficient (Wildman–Crippen LogP) is 4.43. The molecule has 0 radical (unpaired) electrons. The maximum Gasteiger partial charge on any atom is 0.163 e. The van der Waals surface area contributed by atoms with Crippen molar-refractivity contribution in [3.63, 3.8) is 0 Å². The zero-order valence-electron chi connectivity index (χ0n) is 16.3. The Bertz CT molecular complexity index is 866. The van der Waals surface area contributed by atoms with Gasteiger partial charge in [0.1, 0.15) is 11.6 Å².